The Hall–Kier alpha value is -4.99. The highest BCUT2D eigenvalue weighted by Gasteiger charge is 2.36. The van der Waals surface area contributed by atoms with Crippen LogP contribution in [0.4, 0.5) is 16.2 Å². The molecular weight excluding hydrogens is 466 g/mol. The largest absolute Gasteiger partial charge is 0.490 e. The van der Waals surface area contributed by atoms with E-state index in [1.54, 1.807) is 67.6 Å². The second-order valence-electron chi connectivity index (χ2n) is 7.64. The monoisotopic (exact) mass is 487 g/mol. The van der Waals surface area contributed by atoms with Crippen molar-refractivity contribution >= 4 is 35.3 Å². The first-order chi connectivity index (χ1) is 17.4. The lowest BCUT2D eigenvalue weighted by molar-refractivity contribution is -0.384. The van der Waals surface area contributed by atoms with Gasteiger partial charge in [0.15, 0.2) is 11.5 Å². The summed E-state index contributed by atoms with van der Waals surface area (Å²) in [6.07, 6.45) is 1.38. The SMILES string of the molecule is CCOc1cc(/C=C2/C(=O)NC(=O)N(c3ccccc3)C2=O)ccc1OCc1ccc([N+](=O)[O-])cc1. The number of amides is 4. The molecule has 1 saturated heterocycles. The molecule has 0 aromatic heterocycles. The number of carbonyl (C=O) groups is 3. The van der Waals surface area contributed by atoms with Gasteiger partial charge in [0.2, 0.25) is 0 Å². The Morgan fingerprint density at radius 3 is 2.33 bits per heavy atom. The molecule has 10 nitrogen and oxygen atoms in total. The van der Waals surface area contributed by atoms with Gasteiger partial charge in [-0.1, -0.05) is 24.3 Å². The first-order valence-corrected chi connectivity index (χ1v) is 11.0. The van der Waals surface area contributed by atoms with Crippen molar-refractivity contribution in [2.45, 2.75) is 13.5 Å². The molecule has 0 atom stereocenters. The normalized spacial score (nSPS) is 14.5. The van der Waals surface area contributed by atoms with E-state index >= 15 is 0 Å². The smallest absolute Gasteiger partial charge is 0.335 e. The number of hydrogen-bond donors (Lipinski definition) is 1. The van der Waals surface area contributed by atoms with Gasteiger partial charge in [-0.25, -0.2) is 9.69 Å². The first kappa shape index (κ1) is 24.1. The predicted molar refractivity (Wildman–Crippen MR) is 130 cm³/mol. The number of non-ortho nitro benzene ring substituents is 1. The van der Waals surface area contributed by atoms with Crippen molar-refractivity contribution in [3.63, 3.8) is 0 Å². The van der Waals surface area contributed by atoms with Crippen LogP contribution in [-0.2, 0) is 16.2 Å². The summed E-state index contributed by atoms with van der Waals surface area (Å²) in [6.45, 7) is 2.28. The lowest BCUT2D eigenvalue weighted by Crippen LogP contribution is -2.54. The first-order valence-electron chi connectivity index (χ1n) is 11.0. The van der Waals surface area contributed by atoms with Gasteiger partial charge < -0.3 is 9.47 Å². The number of nitrogens with zero attached hydrogens (tertiary/aromatic N) is 2. The number of barbiturate groups is 1. The Balaban J connectivity index is 1.57. The molecule has 4 rings (SSSR count). The van der Waals surface area contributed by atoms with Crippen LogP contribution in [0.15, 0.2) is 78.4 Å². The van der Waals surface area contributed by atoms with E-state index in [0.29, 0.717) is 29.4 Å². The number of hydrogen-bond acceptors (Lipinski definition) is 7. The van der Waals surface area contributed by atoms with E-state index in [9.17, 15) is 24.5 Å². The van der Waals surface area contributed by atoms with E-state index in [0.717, 1.165) is 10.5 Å². The highest BCUT2D eigenvalue weighted by atomic mass is 16.6. The van der Waals surface area contributed by atoms with E-state index in [4.69, 9.17) is 9.47 Å². The maximum absolute atomic E-state index is 13.0. The summed E-state index contributed by atoms with van der Waals surface area (Å²) in [5.41, 5.74) is 1.33. The summed E-state index contributed by atoms with van der Waals surface area (Å²) < 4.78 is 11.5. The summed E-state index contributed by atoms with van der Waals surface area (Å²) in [4.78, 5) is 49.0. The van der Waals surface area contributed by atoms with Crippen molar-refractivity contribution in [3.05, 3.63) is 99.6 Å². The molecule has 1 aliphatic rings. The Kier molecular flexibility index (Phi) is 7.05. The zero-order chi connectivity index (χ0) is 25.7. The standard InChI is InChI=1S/C26H21N3O7/c1-2-35-23-15-18(10-13-22(23)36-16-17-8-11-20(12-9-17)29(33)34)14-21-24(30)27-26(32)28(25(21)31)19-6-4-3-5-7-19/h3-15H,2,16H2,1H3,(H,27,30,32)/b21-14-. The third-order valence-electron chi connectivity index (χ3n) is 5.24. The molecule has 3 aromatic carbocycles. The maximum Gasteiger partial charge on any atom is 0.335 e. The minimum Gasteiger partial charge on any atom is -0.490 e. The van der Waals surface area contributed by atoms with Crippen molar-refractivity contribution in [3.8, 4) is 11.5 Å². The number of carbonyl (C=O) groups excluding carboxylic acids is 3. The molecule has 4 amide bonds. The molecule has 182 valence electrons. The molecule has 0 radical (unpaired) electrons. The van der Waals surface area contributed by atoms with Gasteiger partial charge in [0.25, 0.3) is 17.5 Å². The third-order valence-corrected chi connectivity index (χ3v) is 5.24. The number of benzene rings is 3. The topological polar surface area (TPSA) is 128 Å². The van der Waals surface area contributed by atoms with Crippen LogP contribution in [-0.4, -0.2) is 29.4 Å². The van der Waals surface area contributed by atoms with E-state index in [1.807, 2.05) is 0 Å². The molecule has 1 N–H and O–H groups in total. The average molecular weight is 487 g/mol. The molecule has 10 heteroatoms. The van der Waals surface area contributed by atoms with Crippen LogP contribution in [0.5, 0.6) is 11.5 Å². The number of nitrogens with one attached hydrogen (secondary N) is 1. The zero-order valence-corrected chi connectivity index (χ0v) is 19.2. The molecule has 0 unspecified atom stereocenters. The second kappa shape index (κ2) is 10.5. The van der Waals surface area contributed by atoms with Crippen molar-refractivity contribution in [1.29, 1.82) is 0 Å². The number of anilines is 1. The molecule has 1 fully saturated rings. The Labute approximate surface area is 205 Å². The maximum atomic E-state index is 13.0. The molecule has 1 heterocycles. The van der Waals surface area contributed by atoms with Crippen LogP contribution in [0.25, 0.3) is 6.08 Å². The van der Waals surface area contributed by atoms with Gasteiger partial charge in [-0.05, 0) is 60.5 Å². The van der Waals surface area contributed by atoms with Gasteiger partial charge in [-0.2, -0.15) is 0 Å². The van der Waals surface area contributed by atoms with Gasteiger partial charge in [0.1, 0.15) is 12.2 Å². The number of rotatable bonds is 8. The van der Waals surface area contributed by atoms with Crippen molar-refractivity contribution in [2.24, 2.45) is 0 Å². The number of nitro benzene ring substituents is 1. The van der Waals surface area contributed by atoms with Gasteiger partial charge in [0.05, 0.1) is 17.2 Å². The summed E-state index contributed by atoms with van der Waals surface area (Å²) in [5.74, 6) is -0.744. The number of imide groups is 2. The van der Waals surface area contributed by atoms with Gasteiger partial charge in [-0.15, -0.1) is 0 Å². The van der Waals surface area contributed by atoms with Crippen LogP contribution >= 0.6 is 0 Å². The van der Waals surface area contributed by atoms with Gasteiger partial charge >= 0.3 is 6.03 Å². The van der Waals surface area contributed by atoms with Crippen molar-refractivity contribution in [1.82, 2.24) is 5.32 Å². The molecular formula is C26H21N3O7. The van der Waals surface area contributed by atoms with Gasteiger partial charge in [0, 0.05) is 12.1 Å². The van der Waals surface area contributed by atoms with Crippen molar-refractivity contribution < 1.29 is 28.8 Å². The van der Waals surface area contributed by atoms with Gasteiger partial charge in [-0.3, -0.25) is 25.0 Å². The van der Waals surface area contributed by atoms with Crippen molar-refractivity contribution in [2.75, 3.05) is 11.5 Å². The van der Waals surface area contributed by atoms with E-state index in [-0.39, 0.29) is 17.9 Å². The van der Waals surface area contributed by atoms with E-state index in [2.05, 4.69) is 5.32 Å². The number of urea groups is 1. The second-order valence-corrected chi connectivity index (χ2v) is 7.64. The lowest BCUT2D eigenvalue weighted by Gasteiger charge is -2.26. The fraction of sp³-hybridized carbons (Fsp3) is 0.115. The average Bonchev–Trinajstić information content (AvgIpc) is 2.87. The minimum absolute atomic E-state index is 0.0139. The Bertz CT molecular complexity index is 1350. The molecule has 3 aromatic rings. The summed E-state index contributed by atoms with van der Waals surface area (Å²) in [6, 6.07) is 18.4. The van der Waals surface area contributed by atoms with E-state index < -0.39 is 22.8 Å². The number of para-hydroxylation sites is 1. The number of nitro groups is 1. The fourth-order valence-electron chi connectivity index (χ4n) is 3.51. The fourth-order valence-corrected chi connectivity index (χ4v) is 3.51. The van der Waals surface area contributed by atoms with Crippen LogP contribution in [0, 0.1) is 10.1 Å². The summed E-state index contributed by atoms with van der Waals surface area (Å²) in [7, 11) is 0. The minimum atomic E-state index is -0.821. The molecule has 36 heavy (non-hydrogen) atoms. The summed E-state index contributed by atoms with van der Waals surface area (Å²) in [5, 5.41) is 13.0. The molecule has 0 bridgehead atoms. The quantitative estimate of drug-likeness (QED) is 0.218. The third kappa shape index (κ3) is 5.22. The highest BCUT2D eigenvalue weighted by molar-refractivity contribution is 6.39. The molecule has 0 aliphatic carbocycles. The predicted octanol–water partition coefficient (Wildman–Crippen LogP) is 4.24. The Morgan fingerprint density at radius 1 is 0.944 bits per heavy atom. The summed E-state index contributed by atoms with van der Waals surface area (Å²) >= 11 is 0. The molecule has 0 saturated carbocycles. The van der Waals surface area contributed by atoms with Crippen LogP contribution < -0.4 is 19.7 Å². The Morgan fingerprint density at radius 2 is 1.67 bits per heavy atom. The molecule has 0 spiro atoms. The zero-order valence-electron chi connectivity index (χ0n) is 19.2. The van der Waals surface area contributed by atoms with Crippen LogP contribution in [0.3, 0.4) is 0 Å². The lowest BCUT2D eigenvalue weighted by atomic mass is 10.1. The molecule has 1 aliphatic heterocycles. The van der Waals surface area contributed by atoms with E-state index in [1.165, 1.54) is 18.2 Å². The highest BCUT2D eigenvalue weighted by Crippen LogP contribution is 2.31. The number of ether oxygens (including phenoxy) is 2. The van der Waals surface area contributed by atoms with Crippen LogP contribution in [0.1, 0.15) is 18.1 Å². The van der Waals surface area contributed by atoms with Crippen LogP contribution in [0.2, 0.25) is 0 Å².